The fourth-order valence-corrected chi connectivity index (χ4v) is 3.45. The third-order valence-electron chi connectivity index (χ3n) is 3.41. The second kappa shape index (κ2) is 8.22. The van der Waals surface area contributed by atoms with Gasteiger partial charge in [-0.05, 0) is 35.4 Å². The number of hydrogen-bond donors (Lipinski definition) is 1. The van der Waals surface area contributed by atoms with Crippen LogP contribution in [0.25, 0.3) is 10.8 Å². The summed E-state index contributed by atoms with van der Waals surface area (Å²) in [6, 6.07) is 12.2. The monoisotopic (exact) mass is 417 g/mol. The number of nitrogens with zero attached hydrogens (tertiary/aromatic N) is 2. The summed E-state index contributed by atoms with van der Waals surface area (Å²) in [5, 5.41) is 8.98. The molecule has 0 radical (unpaired) electrons. The first-order valence-corrected chi connectivity index (χ1v) is 9.40. The number of anilines is 1. The predicted octanol–water partition coefficient (Wildman–Crippen LogP) is 4.61. The van der Waals surface area contributed by atoms with Crippen molar-refractivity contribution in [2.24, 2.45) is 5.10 Å². The fraction of sp³-hybridized carbons (Fsp3) is 0.167. The molecule has 1 heterocycles. The highest BCUT2D eigenvalue weighted by atomic mass is 79.9. The molecule has 0 fully saturated rings. The molecule has 0 amide bonds. The van der Waals surface area contributed by atoms with Gasteiger partial charge >= 0.3 is 5.97 Å². The second-order valence-corrected chi connectivity index (χ2v) is 6.93. The average Bonchev–Trinajstić information content (AvgIpc) is 3.03. The summed E-state index contributed by atoms with van der Waals surface area (Å²) in [6.45, 7) is 2.16. The van der Waals surface area contributed by atoms with E-state index in [4.69, 9.17) is 4.74 Å². The third kappa shape index (κ3) is 4.64. The molecule has 0 aliphatic heterocycles. The van der Waals surface area contributed by atoms with Gasteiger partial charge in [0, 0.05) is 9.85 Å². The lowest BCUT2D eigenvalue weighted by Crippen LogP contribution is -2.07. The van der Waals surface area contributed by atoms with Gasteiger partial charge in [0.25, 0.3) is 0 Å². The van der Waals surface area contributed by atoms with Crippen molar-refractivity contribution < 1.29 is 9.53 Å². The standard InChI is InChI=1S/C18H16BrN3O2S/c1-2-24-17(23)9-14-11-25-18(21-14)22-20-10-12-6-7-13-4-3-5-16(19)15(13)8-12/h3-8,10-11H,2,9H2,1H3,(H,21,22). The normalized spacial score (nSPS) is 11.1. The number of carbonyl (C=O) groups excluding carboxylic acids is 1. The zero-order chi connectivity index (χ0) is 17.6. The SMILES string of the molecule is CCOC(=O)Cc1csc(NN=Cc2ccc3cccc(Br)c3c2)n1. The molecule has 0 saturated heterocycles. The van der Waals surface area contributed by atoms with Crippen molar-refractivity contribution in [3.8, 4) is 0 Å². The van der Waals surface area contributed by atoms with Crippen LogP contribution in [0.3, 0.4) is 0 Å². The van der Waals surface area contributed by atoms with E-state index in [1.165, 1.54) is 16.7 Å². The van der Waals surface area contributed by atoms with E-state index in [0.717, 1.165) is 15.4 Å². The minimum atomic E-state index is -0.274. The molecule has 7 heteroatoms. The maximum absolute atomic E-state index is 11.4. The first kappa shape index (κ1) is 17.6. The Hall–Kier alpha value is -2.25. The highest BCUT2D eigenvalue weighted by Gasteiger charge is 2.07. The molecule has 0 aliphatic carbocycles. The van der Waals surface area contributed by atoms with Gasteiger partial charge < -0.3 is 4.74 Å². The van der Waals surface area contributed by atoms with Crippen molar-refractivity contribution in [3.63, 3.8) is 0 Å². The van der Waals surface area contributed by atoms with Crippen LogP contribution < -0.4 is 5.43 Å². The molecule has 0 bridgehead atoms. The number of thiazole rings is 1. The largest absolute Gasteiger partial charge is 0.466 e. The van der Waals surface area contributed by atoms with Crippen LogP contribution in [0.15, 0.2) is 51.4 Å². The fourth-order valence-electron chi connectivity index (χ4n) is 2.29. The minimum absolute atomic E-state index is 0.175. The Balaban J connectivity index is 1.64. The lowest BCUT2D eigenvalue weighted by Gasteiger charge is -2.01. The molecule has 3 rings (SSSR count). The molecule has 2 aromatic carbocycles. The number of ether oxygens (including phenoxy) is 1. The Kier molecular flexibility index (Phi) is 5.78. The predicted molar refractivity (Wildman–Crippen MR) is 105 cm³/mol. The second-order valence-electron chi connectivity index (χ2n) is 5.22. The van der Waals surface area contributed by atoms with Crippen molar-refractivity contribution in [3.05, 3.63) is 57.5 Å². The quantitative estimate of drug-likeness (QED) is 0.361. The molecule has 0 saturated carbocycles. The molecule has 0 spiro atoms. The number of esters is 1. The topological polar surface area (TPSA) is 63.6 Å². The van der Waals surface area contributed by atoms with E-state index in [2.05, 4.69) is 49.6 Å². The number of halogens is 1. The highest BCUT2D eigenvalue weighted by molar-refractivity contribution is 9.10. The summed E-state index contributed by atoms with van der Waals surface area (Å²) in [6.07, 6.45) is 1.92. The van der Waals surface area contributed by atoms with Crippen molar-refractivity contribution in [2.45, 2.75) is 13.3 Å². The van der Waals surface area contributed by atoms with Gasteiger partial charge in [0.2, 0.25) is 5.13 Å². The van der Waals surface area contributed by atoms with Crippen LogP contribution in [0, 0.1) is 0 Å². The molecular weight excluding hydrogens is 402 g/mol. The van der Waals surface area contributed by atoms with E-state index in [0.29, 0.717) is 17.4 Å². The molecule has 1 aromatic heterocycles. The lowest BCUT2D eigenvalue weighted by atomic mass is 10.1. The van der Waals surface area contributed by atoms with Crippen LogP contribution in [-0.2, 0) is 16.0 Å². The Bertz CT molecular complexity index is 924. The van der Waals surface area contributed by atoms with Crippen LogP contribution in [0.4, 0.5) is 5.13 Å². The number of nitrogens with one attached hydrogen (secondary N) is 1. The molecule has 0 unspecified atom stereocenters. The summed E-state index contributed by atoms with van der Waals surface area (Å²) in [4.78, 5) is 15.8. The number of aromatic nitrogens is 1. The van der Waals surface area contributed by atoms with Gasteiger partial charge in [0.05, 0.1) is 24.9 Å². The Morgan fingerprint density at radius 2 is 2.28 bits per heavy atom. The van der Waals surface area contributed by atoms with E-state index in [1.807, 2.05) is 23.6 Å². The van der Waals surface area contributed by atoms with Crippen LogP contribution >= 0.6 is 27.3 Å². The zero-order valence-electron chi connectivity index (χ0n) is 13.5. The summed E-state index contributed by atoms with van der Waals surface area (Å²) >= 11 is 4.96. The van der Waals surface area contributed by atoms with Crippen molar-refractivity contribution >= 4 is 55.4 Å². The van der Waals surface area contributed by atoms with E-state index in [-0.39, 0.29) is 12.4 Å². The molecule has 5 nitrogen and oxygen atoms in total. The third-order valence-corrected chi connectivity index (χ3v) is 4.90. The summed E-state index contributed by atoms with van der Waals surface area (Å²) < 4.78 is 5.96. The zero-order valence-corrected chi connectivity index (χ0v) is 15.9. The molecule has 128 valence electrons. The number of hydrogen-bond acceptors (Lipinski definition) is 6. The van der Waals surface area contributed by atoms with E-state index in [9.17, 15) is 4.79 Å². The number of fused-ring (bicyclic) bond motifs is 1. The van der Waals surface area contributed by atoms with Gasteiger partial charge in [-0.25, -0.2) is 4.98 Å². The molecule has 3 aromatic rings. The first-order chi connectivity index (χ1) is 12.2. The van der Waals surface area contributed by atoms with Gasteiger partial charge in [-0.3, -0.25) is 10.2 Å². The number of benzene rings is 2. The lowest BCUT2D eigenvalue weighted by molar-refractivity contribution is -0.142. The Morgan fingerprint density at radius 1 is 1.40 bits per heavy atom. The maximum Gasteiger partial charge on any atom is 0.311 e. The van der Waals surface area contributed by atoms with Crippen LogP contribution in [-0.4, -0.2) is 23.8 Å². The molecular formula is C18H16BrN3O2S. The number of hydrazone groups is 1. The minimum Gasteiger partial charge on any atom is -0.466 e. The van der Waals surface area contributed by atoms with Gasteiger partial charge in [0.15, 0.2) is 0 Å². The summed E-state index contributed by atoms with van der Waals surface area (Å²) in [5.41, 5.74) is 4.55. The smallest absolute Gasteiger partial charge is 0.311 e. The Morgan fingerprint density at radius 3 is 3.12 bits per heavy atom. The summed E-state index contributed by atoms with van der Waals surface area (Å²) in [5.74, 6) is -0.274. The first-order valence-electron chi connectivity index (χ1n) is 7.73. The van der Waals surface area contributed by atoms with Gasteiger partial charge in [-0.1, -0.05) is 40.2 Å². The van der Waals surface area contributed by atoms with Crippen LogP contribution in [0.5, 0.6) is 0 Å². The molecule has 0 aliphatic rings. The van der Waals surface area contributed by atoms with E-state index in [1.54, 1.807) is 13.1 Å². The molecule has 1 N–H and O–H groups in total. The summed E-state index contributed by atoms with van der Waals surface area (Å²) in [7, 11) is 0. The van der Waals surface area contributed by atoms with Crippen LogP contribution in [0.2, 0.25) is 0 Å². The molecule has 25 heavy (non-hydrogen) atoms. The van der Waals surface area contributed by atoms with Crippen molar-refractivity contribution in [1.29, 1.82) is 0 Å². The van der Waals surface area contributed by atoms with Crippen molar-refractivity contribution in [2.75, 3.05) is 12.0 Å². The van der Waals surface area contributed by atoms with E-state index < -0.39 is 0 Å². The number of carbonyl (C=O) groups is 1. The highest BCUT2D eigenvalue weighted by Crippen LogP contribution is 2.24. The molecule has 0 atom stereocenters. The van der Waals surface area contributed by atoms with Gasteiger partial charge in [0.1, 0.15) is 0 Å². The van der Waals surface area contributed by atoms with E-state index >= 15 is 0 Å². The van der Waals surface area contributed by atoms with Gasteiger partial charge in [-0.2, -0.15) is 5.10 Å². The number of rotatable bonds is 6. The average molecular weight is 418 g/mol. The van der Waals surface area contributed by atoms with Crippen molar-refractivity contribution in [1.82, 2.24) is 4.98 Å². The maximum atomic E-state index is 11.4. The van der Waals surface area contributed by atoms with Gasteiger partial charge in [-0.15, -0.1) is 11.3 Å². The Labute approximate surface area is 157 Å². The van der Waals surface area contributed by atoms with Crippen LogP contribution in [0.1, 0.15) is 18.2 Å².